The van der Waals surface area contributed by atoms with Crippen LogP contribution in [-0.2, 0) is 4.74 Å². The van der Waals surface area contributed by atoms with Gasteiger partial charge in [0, 0.05) is 26.7 Å². The SMILES string of the molecule is COC1CCN(CC(C)CNCC(C)C)C1. The van der Waals surface area contributed by atoms with Gasteiger partial charge >= 0.3 is 0 Å². The van der Waals surface area contributed by atoms with Crippen LogP contribution in [-0.4, -0.2) is 50.8 Å². The maximum atomic E-state index is 5.38. The molecular weight excluding hydrogens is 200 g/mol. The van der Waals surface area contributed by atoms with Crippen molar-refractivity contribution in [2.24, 2.45) is 11.8 Å². The quantitative estimate of drug-likeness (QED) is 0.716. The zero-order chi connectivity index (χ0) is 12.0. The van der Waals surface area contributed by atoms with Crippen LogP contribution < -0.4 is 5.32 Å². The van der Waals surface area contributed by atoms with Gasteiger partial charge in [0.15, 0.2) is 0 Å². The summed E-state index contributed by atoms with van der Waals surface area (Å²) in [5.41, 5.74) is 0. The lowest BCUT2D eigenvalue weighted by Gasteiger charge is -2.21. The number of ether oxygens (including phenoxy) is 1. The highest BCUT2D eigenvalue weighted by molar-refractivity contribution is 4.77. The van der Waals surface area contributed by atoms with Crippen molar-refractivity contribution in [2.45, 2.75) is 33.3 Å². The van der Waals surface area contributed by atoms with Gasteiger partial charge < -0.3 is 15.0 Å². The van der Waals surface area contributed by atoms with Crippen molar-refractivity contribution in [3.8, 4) is 0 Å². The van der Waals surface area contributed by atoms with Crippen LogP contribution in [0.4, 0.5) is 0 Å². The highest BCUT2D eigenvalue weighted by atomic mass is 16.5. The van der Waals surface area contributed by atoms with Gasteiger partial charge in [-0.1, -0.05) is 20.8 Å². The summed E-state index contributed by atoms with van der Waals surface area (Å²) in [4.78, 5) is 2.52. The maximum absolute atomic E-state index is 5.38. The molecule has 0 saturated carbocycles. The van der Waals surface area contributed by atoms with E-state index in [1.165, 1.54) is 19.5 Å². The molecule has 1 aliphatic rings. The fourth-order valence-corrected chi connectivity index (χ4v) is 2.28. The lowest BCUT2D eigenvalue weighted by atomic mass is 10.1. The van der Waals surface area contributed by atoms with Crippen LogP contribution in [0.3, 0.4) is 0 Å². The molecule has 3 nitrogen and oxygen atoms in total. The number of nitrogens with zero attached hydrogens (tertiary/aromatic N) is 1. The van der Waals surface area contributed by atoms with Crippen molar-refractivity contribution in [1.29, 1.82) is 0 Å². The molecule has 0 aromatic rings. The molecule has 1 rings (SSSR count). The standard InChI is InChI=1S/C13H28N2O/c1-11(2)7-14-8-12(3)9-15-6-5-13(10-15)16-4/h11-14H,5-10H2,1-4H3. The Morgan fingerprint density at radius 1 is 1.31 bits per heavy atom. The lowest BCUT2D eigenvalue weighted by molar-refractivity contribution is 0.106. The van der Waals surface area contributed by atoms with Crippen molar-refractivity contribution in [1.82, 2.24) is 10.2 Å². The fourth-order valence-electron chi connectivity index (χ4n) is 2.28. The molecule has 2 unspecified atom stereocenters. The van der Waals surface area contributed by atoms with E-state index in [-0.39, 0.29) is 0 Å². The third kappa shape index (κ3) is 5.28. The molecule has 0 aromatic heterocycles. The van der Waals surface area contributed by atoms with Crippen LogP contribution in [0.2, 0.25) is 0 Å². The number of hydrogen-bond acceptors (Lipinski definition) is 3. The molecule has 1 heterocycles. The van der Waals surface area contributed by atoms with E-state index in [1.54, 1.807) is 0 Å². The van der Waals surface area contributed by atoms with E-state index in [2.05, 4.69) is 31.0 Å². The Hall–Kier alpha value is -0.120. The van der Waals surface area contributed by atoms with Crippen LogP contribution >= 0.6 is 0 Å². The first kappa shape index (κ1) is 13.9. The van der Waals surface area contributed by atoms with Gasteiger partial charge in [0.2, 0.25) is 0 Å². The Balaban J connectivity index is 2.08. The third-order valence-corrected chi connectivity index (χ3v) is 3.18. The van der Waals surface area contributed by atoms with E-state index in [4.69, 9.17) is 4.74 Å². The summed E-state index contributed by atoms with van der Waals surface area (Å²) in [5.74, 6) is 1.48. The van der Waals surface area contributed by atoms with Gasteiger partial charge in [0.1, 0.15) is 0 Å². The van der Waals surface area contributed by atoms with Crippen molar-refractivity contribution < 1.29 is 4.74 Å². The second kappa shape index (κ2) is 7.25. The van der Waals surface area contributed by atoms with E-state index < -0.39 is 0 Å². The highest BCUT2D eigenvalue weighted by Crippen LogP contribution is 2.13. The molecule has 0 spiro atoms. The highest BCUT2D eigenvalue weighted by Gasteiger charge is 2.22. The minimum atomic E-state index is 0.468. The molecule has 0 amide bonds. The Labute approximate surface area is 101 Å². The van der Waals surface area contributed by atoms with Gasteiger partial charge in [0.25, 0.3) is 0 Å². The van der Waals surface area contributed by atoms with E-state index >= 15 is 0 Å². The van der Waals surface area contributed by atoms with Gasteiger partial charge in [-0.2, -0.15) is 0 Å². The molecule has 16 heavy (non-hydrogen) atoms. The predicted molar refractivity (Wildman–Crippen MR) is 68.7 cm³/mol. The third-order valence-electron chi connectivity index (χ3n) is 3.18. The molecule has 1 fully saturated rings. The molecule has 0 aromatic carbocycles. The molecule has 1 aliphatic heterocycles. The normalized spacial score (nSPS) is 24.2. The topological polar surface area (TPSA) is 24.5 Å². The van der Waals surface area contributed by atoms with Crippen LogP contribution in [0.15, 0.2) is 0 Å². The Bertz CT molecular complexity index is 185. The predicted octanol–water partition coefficient (Wildman–Crippen LogP) is 1.59. The van der Waals surface area contributed by atoms with E-state index in [0.29, 0.717) is 6.10 Å². The lowest BCUT2D eigenvalue weighted by Crippen LogP contribution is -2.33. The summed E-state index contributed by atoms with van der Waals surface area (Å²) < 4.78 is 5.38. The van der Waals surface area contributed by atoms with Crippen molar-refractivity contribution >= 4 is 0 Å². The Kier molecular flexibility index (Phi) is 6.32. The molecule has 3 heteroatoms. The molecule has 1 N–H and O–H groups in total. The first-order chi connectivity index (χ1) is 7.61. The van der Waals surface area contributed by atoms with Crippen molar-refractivity contribution in [2.75, 3.05) is 39.8 Å². The maximum Gasteiger partial charge on any atom is 0.0710 e. The second-order valence-corrected chi connectivity index (χ2v) is 5.56. The van der Waals surface area contributed by atoms with E-state index in [1.807, 2.05) is 7.11 Å². The first-order valence-corrected chi connectivity index (χ1v) is 6.57. The van der Waals surface area contributed by atoms with Gasteiger partial charge in [-0.25, -0.2) is 0 Å². The molecule has 96 valence electrons. The van der Waals surface area contributed by atoms with Crippen LogP contribution in [0.25, 0.3) is 0 Å². The first-order valence-electron chi connectivity index (χ1n) is 6.57. The molecule has 0 aliphatic carbocycles. The van der Waals surface area contributed by atoms with Crippen LogP contribution in [0, 0.1) is 11.8 Å². The largest absolute Gasteiger partial charge is 0.380 e. The van der Waals surface area contributed by atoms with Gasteiger partial charge in [0.05, 0.1) is 6.10 Å². The number of hydrogen-bond donors (Lipinski definition) is 1. The molecular formula is C13H28N2O. The average Bonchev–Trinajstić information content (AvgIpc) is 2.65. The number of methoxy groups -OCH3 is 1. The number of rotatable bonds is 7. The zero-order valence-corrected chi connectivity index (χ0v) is 11.3. The summed E-state index contributed by atoms with van der Waals surface area (Å²) in [6.45, 7) is 12.6. The minimum absolute atomic E-state index is 0.468. The van der Waals surface area contributed by atoms with E-state index in [0.717, 1.165) is 31.5 Å². The summed E-state index contributed by atoms with van der Waals surface area (Å²) in [6.07, 6.45) is 1.67. The molecule has 0 radical (unpaired) electrons. The summed E-state index contributed by atoms with van der Waals surface area (Å²) in [7, 11) is 1.82. The smallest absolute Gasteiger partial charge is 0.0710 e. The molecule has 0 bridgehead atoms. The monoisotopic (exact) mass is 228 g/mol. The van der Waals surface area contributed by atoms with Gasteiger partial charge in [-0.3, -0.25) is 0 Å². The number of nitrogens with one attached hydrogen (secondary N) is 1. The molecule has 1 saturated heterocycles. The minimum Gasteiger partial charge on any atom is -0.380 e. The van der Waals surface area contributed by atoms with Gasteiger partial charge in [-0.05, 0) is 31.3 Å². The van der Waals surface area contributed by atoms with Crippen molar-refractivity contribution in [3.05, 3.63) is 0 Å². The summed E-state index contributed by atoms with van der Waals surface area (Å²) in [6, 6.07) is 0. The van der Waals surface area contributed by atoms with Crippen LogP contribution in [0.5, 0.6) is 0 Å². The van der Waals surface area contributed by atoms with Crippen LogP contribution in [0.1, 0.15) is 27.2 Å². The molecule has 2 atom stereocenters. The van der Waals surface area contributed by atoms with Gasteiger partial charge in [-0.15, -0.1) is 0 Å². The zero-order valence-electron chi connectivity index (χ0n) is 11.3. The Morgan fingerprint density at radius 3 is 2.62 bits per heavy atom. The summed E-state index contributed by atoms with van der Waals surface area (Å²) in [5, 5.41) is 3.53. The second-order valence-electron chi connectivity index (χ2n) is 5.56. The summed E-state index contributed by atoms with van der Waals surface area (Å²) >= 11 is 0. The van der Waals surface area contributed by atoms with E-state index in [9.17, 15) is 0 Å². The van der Waals surface area contributed by atoms with Crippen molar-refractivity contribution in [3.63, 3.8) is 0 Å². The Morgan fingerprint density at radius 2 is 2.06 bits per heavy atom. The fraction of sp³-hybridized carbons (Fsp3) is 1.00. The average molecular weight is 228 g/mol. The number of likely N-dealkylation sites (tertiary alicyclic amines) is 1.